The zero-order valence-electron chi connectivity index (χ0n) is 25.8. The van der Waals surface area contributed by atoms with Gasteiger partial charge in [-0.3, -0.25) is 14.4 Å². The molecule has 4 aliphatic rings. The molecule has 9 nitrogen and oxygen atoms in total. The van der Waals surface area contributed by atoms with Crippen LogP contribution in [0.5, 0.6) is 5.75 Å². The van der Waals surface area contributed by atoms with Crippen molar-refractivity contribution in [2.45, 2.75) is 57.5 Å². The van der Waals surface area contributed by atoms with E-state index < -0.39 is 35.1 Å². The fourth-order valence-electron chi connectivity index (χ4n) is 7.55. The molecule has 9 heteroatoms. The van der Waals surface area contributed by atoms with Crippen molar-refractivity contribution < 1.29 is 29.0 Å². The first-order valence-electron chi connectivity index (χ1n) is 15.5. The highest BCUT2D eigenvalue weighted by Gasteiger charge is 2.75. The summed E-state index contributed by atoms with van der Waals surface area (Å²) in [7, 11) is 0. The van der Waals surface area contributed by atoms with E-state index in [0.717, 1.165) is 5.56 Å². The van der Waals surface area contributed by atoms with Crippen LogP contribution in [0.25, 0.3) is 0 Å². The highest BCUT2D eigenvalue weighted by atomic mass is 16.5. The summed E-state index contributed by atoms with van der Waals surface area (Å²) in [6, 6.07) is 15.4. The van der Waals surface area contributed by atoms with Gasteiger partial charge in [0.2, 0.25) is 17.7 Å². The van der Waals surface area contributed by atoms with E-state index in [0.29, 0.717) is 37.7 Å². The molecule has 2 saturated heterocycles. The van der Waals surface area contributed by atoms with E-state index in [4.69, 9.17) is 9.47 Å². The van der Waals surface area contributed by atoms with Crippen LogP contribution in [0.4, 0.5) is 5.69 Å². The van der Waals surface area contributed by atoms with Crippen LogP contribution in [0.3, 0.4) is 0 Å². The maximum atomic E-state index is 14.7. The number of anilines is 1. The maximum Gasteiger partial charge on any atom is 0.249 e. The smallest absolute Gasteiger partial charge is 0.249 e. The molecule has 6 atom stereocenters. The summed E-state index contributed by atoms with van der Waals surface area (Å²) in [6.45, 7) is 8.83. The third-order valence-corrected chi connectivity index (χ3v) is 9.57. The Morgan fingerprint density at radius 2 is 1.64 bits per heavy atom. The monoisotopic (exact) mass is 599 g/mol. The molecule has 4 aliphatic heterocycles. The van der Waals surface area contributed by atoms with Gasteiger partial charge in [-0.2, -0.15) is 0 Å². The first-order valence-corrected chi connectivity index (χ1v) is 15.5. The number of rotatable bonds is 8. The van der Waals surface area contributed by atoms with Crippen molar-refractivity contribution in [2.75, 3.05) is 31.2 Å². The van der Waals surface area contributed by atoms with Crippen LogP contribution in [0, 0.1) is 17.8 Å². The Morgan fingerprint density at radius 1 is 0.932 bits per heavy atom. The molecule has 1 N–H and O–H groups in total. The molecule has 2 aromatic carbocycles. The van der Waals surface area contributed by atoms with Crippen molar-refractivity contribution in [2.24, 2.45) is 17.8 Å². The van der Waals surface area contributed by atoms with Gasteiger partial charge in [0, 0.05) is 25.3 Å². The number of aliphatic hydroxyl groups is 1. The maximum absolute atomic E-state index is 14.7. The van der Waals surface area contributed by atoms with Gasteiger partial charge in [0.05, 0.1) is 36.7 Å². The molecule has 6 rings (SSSR count). The largest absolute Gasteiger partial charge is 0.494 e. The molecule has 2 fully saturated rings. The molecule has 0 bridgehead atoms. The fraction of sp³-hybridized carbons (Fsp3) is 0.457. The Bertz CT molecular complexity index is 1470. The fourth-order valence-corrected chi connectivity index (χ4v) is 7.55. The molecule has 4 heterocycles. The molecule has 2 aromatic rings. The number of aliphatic hydroxyl groups excluding tert-OH is 1. The number of benzene rings is 2. The lowest BCUT2D eigenvalue weighted by molar-refractivity contribution is -0.155. The Balaban J connectivity index is 1.44. The lowest BCUT2D eigenvalue weighted by Crippen LogP contribution is -2.59. The zero-order valence-corrected chi connectivity index (χ0v) is 25.8. The number of amides is 3. The number of nitrogens with zero attached hydrogens (tertiary/aromatic N) is 3. The quantitative estimate of drug-likeness (QED) is 0.466. The Labute approximate surface area is 258 Å². The van der Waals surface area contributed by atoms with Crippen molar-refractivity contribution in [3.05, 3.63) is 84.5 Å². The predicted molar refractivity (Wildman–Crippen MR) is 166 cm³/mol. The first kappa shape index (κ1) is 30.1. The molecular formula is C35H41N3O6. The van der Waals surface area contributed by atoms with E-state index in [1.807, 2.05) is 107 Å². The van der Waals surface area contributed by atoms with Crippen LogP contribution < -0.4 is 9.64 Å². The summed E-state index contributed by atoms with van der Waals surface area (Å²) >= 11 is 0. The normalized spacial score (nSPS) is 30.3. The Kier molecular flexibility index (Phi) is 7.88. The standard InChI is InChI=1S/C35H41N3O6/c1-5-43-26-15-13-25(14-16-26)37-20-9-17-34(4)28(31(37)40)29-32(41)38(27(22-39)23(2)3)30-33(42)36(19-10-18-35(29,30)44-34)21-24-11-7-6-8-12-24/h6-18,23,27-30,39H,5,19-22H2,1-4H3/t27-,28+,29-,30?,34-,35-/m0/s1. The number of carbonyl (C=O) groups excluding carboxylic acids is 3. The molecule has 1 unspecified atom stereocenters. The van der Waals surface area contributed by atoms with Crippen LogP contribution >= 0.6 is 0 Å². The lowest BCUT2D eigenvalue weighted by atomic mass is 9.74. The van der Waals surface area contributed by atoms with Gasteiger partial charge in [0.25, 0.3) is 0 Å². The summed E-state index contributed by atoms with van der Waals surface area (Å²) in [4.78, 5) is 48.8. The van der Waals surface area contributed by atoms with Crippen LogP contribution in [0.15, 0.2) is 78.9 Å². The summed E-state index contributed by atoms with van der Waals surface area (Å²) < 4.78 is 12.5. The summed E-state index contributed by atoms with van der Waals surface area (Å²) in [6.07, 6.45) is 7.52. The second kappa shape index (κ2) is 11.5. The Hall–Kier alpha value is -3.95. The number of hydrogen-bond donors (Lipinski definition) is 1. The molecule has 0 aromatic heterocycles. The predicted octanol–water partition coefficient (Wildman–Crippen LogP) is 3.57. The molecular weight excluding hydrogens is 558 g/mol. The van der Waals surface area contributed by atoms with E-state index in [1.165, 1.54) is 4.90 Å². The van der Waals surface area contributed by atoms with Crippen LogP contribution in [-0.2, 0) is 25.7 Å². The van der Waals surface area contributed by atoms with Gasteiger partial charge in [-0.15, -0.1) is 0 Å². The topological polar surface area (TPSA) is 99.6 Å². The third kappa shape index (κ3) is 4.73. The highest BCUT2D eigenvalue weighted by molar-refractivity contribution is 6.04. The van der Waals surface area contributed by atoms with Gasteiger partial charge in [-0.1, -0.05) is 68.5 Å². The average Bonchev–Trinajstić information content (AvgIpc) is 3.28. The minimum Gasteiger partial charge on any atom is -0.494 e. The average molecular weight is 600 g/mol. The number of ether oxygens (including phenoxy) is 2. The van der Waals surface area contributed by atoms with Crippen molar-refractivity contribution in [3.63, 3.8) is 0 Å². The van der Waals surface area contributed by atoms with Crippen molar-refractivity contribution in [3.8, 4) is 5.75 Å². The van der Waals surface area contributed by atoms with E-state index in [1.54, 1.807) is 9.80 Å². The number of likely N-dealkylation sites (tertiary alicyclic amines) is 1. The molecule has 232 valence electrons. The minimum atomic E-state index is -1.39. The van der Waals surface area contributed by atoms with Crippen molar-refractivity contribution in [1.29, 1.82) is 0 Å². The second-order valence-electron chi connectivity index (χ2n) is 12.6. The zero-order chi connectivity index (χ0) is 31.2. The van der Waals surface area contributed by atoms with Gasteiger partial charge in [-0.25, -0.2) is 0 Å². The lowest BCUT2D eigenvalue weighted by Gasteiger charge is -2.41. The van der Waals surface area contributed by atoms with Crippen molar-refractivity contribution >= 4 is 23.4 Å². The Morgan fingerprint density at radius 3 is 2.30 bits per heavy atom. The second-order valence-corrected chi connectivity index (χ2v) is 12.6. The summed E-state index contributed by atoms with van der Waals surface area (Å²) in [5.74, 6) is -2.12. The summed E-state index contributed by atoms with van der Waals surface area (Å²) in [5.41, 5.74) is -0.866. The summed E-state index contributed by atoms with van der Waals surface area (Å²) in [5, 5.41) is 10.5. The van der Waals surface area contributed by atoms with Crippen molar-refractivity contribution in [1.82, 2.24) is 9.80 Å². The molecule has 0 aliphatic carbocycles. The van der Waals surface area contributed by atoms with E-state index in [2.05, 4.69) is 0 Å². The van der Waals surface area contributed by atoms with Gasteiger partial charge in [0.15, 0.2) is 0 Å². The van der Waals surface area contributed by atoms with Gasteiger partial charge >= 0.3 is 0 Å². The van der Waals surface area contributed by atoms with Crippen LogP contribution in [-0.4, -0.2) is 82.2 Å². The SMILES string of the molecule is CCOc1ccc(N2CC=C[C@]3(C)O[C@]45C=CCN(Cc6ccccc6)C(=O)C4N([C@@H](CO)C(C)C)C(=O)[C@@H]5[C@@H]3C2=O)cc1. The number of hydrogen-bond acceptors (Lipinski definition) is 6. The highest BCUT2D eigenvalue weighted by Crippen LogP contribution is 2.58. The van der Waals surface area contributed by atoms with E-state index >= 15 is 0 Å². The first-order chi connectivity index (χ1) is 21.1. The molecule has 0 radical (unpaired) electrons. The van der Waals surface area contributed by atoms with Gasteiger partial charge in [-0.05, 0) is 49.6 Å². The van der Waals surface area contributed by atoms with Crippen LogP contribution in [0.2, 0.25) is 0 Å². The minimum absolute atomic E-state index is 0.140. The number of carbonyl (C=O) groups is 3. The molecule has 44 heavy (non-hydrogen) atoms. The van der Waals surface area contributed by atoms with Gasteiger partial charge in [0.1, 0.15) is 17.4 Å². The van der Waals surface area contributed by atoms with E-state index in [-0.39, 0.29) is 30.2 Å². The van der Waals surface area contributed by atoms with E-state index in [9.17, 15) is 19.5 Å². The third-order valence-electron chi connectivity index (χ3n) is 9.57. The van der Waals surface area contributed by atoms with Gasteiger partial charge < -0.3 is 29.3 Å². The molecule has 1 spiro atoms. The molecule has 3 amide bonds. The number of fused-ring (bicyclic) bond motifs is 2. The molecule has 0 saturated carbocycles. The van der Waals surface area contributed by atoms with Crippen LogP contribution in [0.1, 0.15) is 33.3 Å².